The van der Waals surface area contributed by atoms with Gasteiger partial charge in [0.1, 0.15) is 0 Å². The Morgan fingerprint density at radius 2 is 1.96 bits per heavy atom. The second-order valence-electron chi connectivity index (χ2n) is 7.50. The molecule has 1 saturated heterocycles. The molecule has 0 saturated carbocycles. The number of likely N-dealkylation sites (tertiary alicyclic amines) is 1. The molecule has 0 spiro atoms. The molecule has 1 unspecified atom stereocenters. The molecule has 1 fully saturated rings. The minimum atomic E-state index is -0.875. The molecule has 2 aliphatic rings. The number of hydrogen-bond acceptors (Lipinski definition) is 3. The molecule has 0 radical (unpaired) electrons. The minimum Gasteiger partial charge on any atom is -0.476 e. The van der Waals surface area contributed by atoms with Crippen molar-refractivity contribution in [1.29, 1.82) is 0 Å². The molecule has 1 aliphatic heterocycles. The number of aromatic carboxylic acids is 1. The SMILES string of the molecule is CC(C)Cn1nc(C(=O)O)c2c1CCC(N1CCCCCC1)C2. The summed E-state index contributed by atoms with van der Waals surface area (Å²) in [6, 6.07) is 0.496. The standard InChI is InChI=1S/C18H29N3O2/c1-13(2)12-21-16-8-7-14(20-9-5-3-4-6-10-20)11-15(16)17(19-21)18(22)23/h13-14H,3-12H2,1-2H3,(H,22,23). The second-order valence-corrected chi connectivity index (χ2v) is 7.50. The summed E-state index contributed by atoms with van der Waals surface area (Å²) in [6.07, 6.45) is 8.18. The van der Waals surface area contributed by atoms with Crippen molar-refractivity contribution < 1.29 is 9.90 Å². The third-order valence-electron chi connectivity index (χ3n) is 5.22. The smallest absolute Gasteiger partial charge is 0.356 e. The van der Waals surface area contributed by atoms with Gasteiger partial charge in [0, 0.05) is 23.8 Å². The van der Waals surface area contributed by atoms with Crippen LogP contribution in [0.2, 0.25) is 0 Å². The number of nitrogens with zero attached hydrogens (tertiary/aromatic N) is 3. The van der Waals surface area contributed by atoms with E-state index in [2.05, 4.69) is 23.8 Å². The van der Waals surface area contributed by atoms with E-state index in [4.69, 9.17) is 0 Å². The molecule has 2 heterocycles. The summed E-state index contributed by atoms with van der Waals surface area (Å²) >= 11 is 0. The summed E-state index contributed by atoms with van der Waals surface area (Å²) in [5.74, 6) is -0.399. The van der Waals surface area contributed by atoms with Gasteiger partial charge in [-0.05, 0) is 51.1 Å². The summed E-state index contributed by atoms with van der Waals surface area (Å²) in [5, 5.41) is 14.0. The van der Waals surface area contributed by atoms with Gasteiger partial charge in [0.25, 0.3) is 0 Å². The summed E-state index contributed by atoms with van der Waals surface area (Å²) in [6.45, 7) is 7.45. The van der Waals surface area contributed by atoms with Gasteiger partial charge >= 0.3 is 5.97 Å². The van der Waals surface area contributed by atoms with Crippen molar-refractivity contribution in [2.45, 2.75) is 71.4 Å². The van der Waals surface area contributed by atoms with Gasteiger partial charge in [-0.3, -0.25) is 4.68 Å². The maximum Gasteiger partial charge on any atom is 0.356 e. The van der Waals surface area contributed by atoms with Crippen molar-refractivity contribution in [3.63, 3.8) is 0 Å². The Kier molecular flexibility index (Phi) is 5.05. The summed E-state index contributed by atoms with van der Waals surface area (Å²) in [7, 11) is 0. The van der Waals surface area contributed by atoms with E-state index in [1.807, 2.05) is 4.68 Å². The molecule has 128 valence electrons. The predicted molar refractivity (Wildman–Crippen MR) is 89.9 cm³/mol. The Morgan fingerprint density at radius 1 is 1.26 bits per heavy atom. The van der Waals surface area contributed by atoms with Crippen LogP contribution in [-0.4, -0.2) is 44.9 Å². The highest BCUT2D eigenvalue weighted by Gasteiger charge is 2.31. The monoisotopic (exact) mass is 319 g/mol. The van der Waals surface area contributed by atoms with E-state index in [9.17, 15) is 9.90 Å². The lowest BCUT2D eigenvalue weighted by Gasteiger charge is -2.33. The molecule has 1 aromatic heterocycles. The van der Waals surface area contributed by atoms with Gasteiger partial charge in [0.2, 0.25) is 0 Å². The average molecular weight is 319 g/mol. The van der Waals surface area contributed by atoms with E-state index in [1.54, 1.807) is 0 Å². The van der Waals surface area contributed by atoms with Crippen LogP contribution in [0, 0.1) is 5.92 Å². The number of hydrogen-bond donors (Lipinski definition) is 1. The minimum absolute atomic E-state index is 0.292. The molecule has 23 heavy (non-hydrogen) atoms. The zero-order valence-corrected chi connectivity index (χ0v) is 14.4. The third-order valence-corrected chi connectivity index (χ3v) is 5.22. The van der Waals surface area contributed by atoms with E-state index in [0.29, 0.717) is 17.7 Å². The maximum atomic E-state index is 11.6. The van der Waals surface area contributed by atoms with Crippen LogP contribution in [0.3, 0.4) is 0 Å². The molecule has 5 heteroatoms. The van der Waals surface area contributed by atoms with Crippen LogP contribution in [0.5, 0.6) is 0 Å². The van der Waals surface area contributed by atoms with Gasteiger partial charge in [-0.2, -0.15) is 5.10 Å². The van der Waals surface area contributed by atoms with Crippen LogP contribution in [0.15, 0.2) is 0 Å². The zero-order chi connectivity index (χ0) is 16.4. The van der Waals surface area contributed by atoms with Crippen LogP contribution < -0.4 is 0 Å². The van der Waals surface area contributed by atoms with Crippen molar-refractivity contribution in [3.05, 3.63) is 17.0 Å². The Morgan fingerprint density at radius 3 is 2.57 bits per heavy atom. The molecule has 0 aromatic carbocycles. The average Bonchev–Trinajstić information content (AvgIpc) is 2.70. The van der Waals surface area contributed by atoms with Crippen LogP contribution in [-0.2, 0) is 19.4 Å². The van der Waals surface area contributed by atoms with Crippen LogP contribution in [0.25, 0.3) is 0 Å². The number of fused-ring (bicyclic) bond motifs is 1. The number of carboxylic acids is 1. The van der Waals surface area contributed by atoms with Crippen molar-refractivity contribution in [2.75, 3.05) is 13.1 Å². The van der Waals surface area contributed by atoms with Crippen molar-refractivity contribution >= 4 is 5.97 Å². The maximum absolute atomic E-state index is 11.6. The first-order valence-corrected chi connectivity index (χ1v) is 9.12. The molecule has 3 rings (SSSR count). The fraction of sp³-hybridized carbons (Fsp3) is 0.778. The summed E-state index contributed by atoms with van der Waals surface area (Å²) in [4.78, 5) is 14.2. The fourth-order valence-corrected chi connectivity index (χ4v) is 4.11. The number of rotatable bonds is 4. The first-order valence-electron chi connectivity index (χ1n) is 9.12. The lowest BCUT2D eigenvalue weighted by Crippen LogP contribution is -2.40. The van der Waals surface area contributed by atoms with E-state index in [0.717, 1.165) is 31.4 Å². The largest absolute Gasteiger partial charge is 0.476 e. The number of aromatic nitrogens is 2. The van der Waals surface area contributed by atoms with E-state index in [-0.39, 0.29) is 0 Å². The van der Waals surface area contributed by atoms with Crippen molar-refractivity contribution in [2.24, 2.45) is 5.92 Å². The van der Waals surface area contributed by atoms with Crippen LogP contribution in [0.1, 0.15) is 67.7 Å². The lowest BCUT2D eigenvalue weighted by atomic mass is 9.90. The molecule has 5 nitrogen and oxygen atoms in total. The Labute approximate surface area is 138 Å². The van der Waals surface area contributed by atoms with Crippen LogP contribution in [0.4, 0.5) is 0 Å². The third kappa shape index (κ3) is 3.60. The predicted octanol–water partition coefficient (Wildman–Crippen LogP) is 2.97. The highest BCUT2D eigenvalue weighted by molar-refractivity contribution is 5.87. The number of carboxylic acid groups (broad SMARTS) is 1. The van der Waals surface area contributed by atoms with Crippen molar-refractivity contribution in [1.82, 2.24) is 14.7 Å². The molecule has 0 amide bonds. The second kappa shape index (κ2) is 7.04. The van der Waals surface area contributed by atoms with Crippen LogP contribution >= 0.6 is 0 Å². The Balaban J connectivity index is 1.83. The van der Waals surface area contributed by atoms with E-state index < -0.39 is 5.97 Å². The topological polar surface area (TPSA) is 58.4 Å². The molecule has 0 bridgehead atoms. The Hall–Kier alpha value is -1.36. The first kappa shape index (κ1) is 16.5. The van der Waals surface area contributed by atoms with Gasteiger partial charge in [0.05, 0.1) is 0 Å². The lowest BCUT2D eigenvalue weighted by molar-refractivity contribution is 0.0687. The number of carbonyl (C=O) groups is 1. The summed E-state index contributed by atoms with van der Waals surface area (Å²) < 4.78 is 1.96. The summed E-state index contributed by atoms with van der Waals surface area (Å²) in [5.41, 5.74) is 2.46. The molecule has 1 N–H and O–H groups in total. The molecule has 1 atom stereocenters. The van der Waals surface area contributed by atoms with Gasteiger partial charge in [-0.1, -0.05) is 26.7 Å². The highest BCUT2D eigenvalue weighted by atomic mass is 16.4. The van der Waals surface area contributed by atoms with Gasteiger partial charge in [0.15, 0.2) is 5.69 Å². The van der Waals surface area contributed by atoms with Crippen molar-refractivity contribution in [3.8, 4) is 0 Å². The normalized spacial score (nSPS) is 22.8. The molecular weight excluding hydrogens is 290 g/mol. The molecule has 1 aliphatic carbocycles. The quantitative estimate of drug-likeness (QED) is 0.927. The fourth-order valence-electron chi connectivity index (χ4n) is 4.11. The van der Waals surface area contributed by atoms with E-state index >= 15 is 0 Å². The Bertz CT molecular complexity index is 557. The van der Waals surface area contributed by atoms with Gasteiger partial charge in [-0.25, -0.2) is 4.79 Å². The van der Waals surface area contributed by atoms with E-state index in [1.165, 1.54) is 44.5 Å². The van der Waals surface area contributed by atoms with Gasteiger partial charge in [-0.15, -0.1) is 0 Å². The first-order chi connectivity index (χ1) is 11.1. The highest BCUT2D eigenvalue weighted by Crippen LogP contribution is 2.29. The molecule has 1 aromatic rings. The zero-order valence-electron chi connectivity index (χ0n) is 14.4. The van der Waals surface area contributed by atoms with Gasteiger partial charge < -0.3 is 10.0 Å². The molecular formula is C18H29N3O2.